The second-order valence-electron chi connectivity index (χ2n) is 7.03. The third-order valence-electron chi connectivity index (χ3n) is 5.07. The van der Waals surface area contributed by atoms with E-state index in [1.54, 1.807) is 18.3 Å². The molecule has 0 aliphatic carbocycles. The van der Waals surface area contributed by atoms with E-state index in [-0.39, 0.29) is 10.6 Å². The molecule has 0 atom stereocenters. The van der Waals surface area contributed by atoms with E-state index >= 15 is 0 Å². The summed E-state index contributed by atoms with van der Waals surface area (Å²) >= 11 is 0. The lowest BCUT2D eigenvalue weighted by atomic mass is 9.99. The van der Waals surface area contributed by atoms with Crippen LogP contribution in [0, 0.1) is 17.0 Å². The van der Waals surface area contributed by atoms with Crippen LogP contribution in [0.3, 0.4) is 0 Å². The van der Waals surface area contributed by atoms with Crippen LogP contribution in [0.4, 0.5) is 5.69 Å². The van der Waals surface area contributed by atoms with Gasteiger partial charge in [-0.15, -0.1) is 0 Å². The van der Waals surface area contributed by atoms with Gasteiger partial charge in [-0.25, -0.2) is 0 Å². The second kappa shape index (κ2) is 6.53. The molecule has 3 aromatic carbocycles. The Labute approximate surface area is 166 Å². The average molecular weight is 380 g/mol. The van der Waals surface area contributed by atoms with Gasteiger partial charge < -0.3 is 0 Å². The van der Waals surface area contributed by atoms with Crippen LogP contribution in [0.2, 0.25) is 0 Å². The molecule has 2 aromatic heterocycles. The zero-order valence-electron chi connectivity index (χ0n) is 15.6. The van der Waals surface area contributed by atoms with Crippen LogP contribution >= 0.6 is 0 Å². The van der Waals surface area contributed by atoms with E-state index in [1.807, 2.05) is 36.4 Å². The maximum Gasteiger partial charge on any atom is 0.270 e. The highest BCUT2D eigenvalue weighted by Gasteiger charge is 2.14. The fraction of sp³-hybridized carbons (Fsp3) is 0.0435. The van der Waals surface area contributed by atoms with Gasteiger partial charge in [-0.2, -0.15) is 5.10 Å². The van der Waals surface area contributed by atoms with Gasteiger partial charge in [-0.05, 0) is 36.2 Å². The summed E-state index contributed by atoms with van der Waals surface area (Å²) in [6.07, 6.45) is 1.79. The van der Waals surface area contributed by atoms with E-state index in [9.17, 15) is 10.1 Å². The molecular weight excluding hydrogens is 364 g/mol. The molecule has 5 aromatic rings. The van der Waals surface area contributed by atoms with Gasteiger partial charge in [-0.3, -0.25) is 20.2 Å². The third kappa shape index (κ3) is 2.91. The maximum atomic E-state index is 11.1. The van der Waals surface area contributed by atoms with Crippen LogP contribution in [0.1, 0.15) is 5.56 Å². The number of fused-ring (bicyclic) bond motifs is 3. The Balaban J connectivity index is 1.76. The van der Waals surface area contributed by atoms with Gasteiger partial charge in [0, 0.05) is 28.5 Å². The molecule has 0 saturated heterocycles. The van der Waals surface area contributed by atoms with Crippen molar-refractivity contribution in [3.8, 4) is 22.4 Å². The molecule has 0 aliphatic heterocycles. The number of aryl methyl sites for hydroxylation is 1. The van der Waals surface area contributed by atoms with Crippen LogP contribution in [0.15, 0.2) is 72.9 Å². The van der Waals surface area contributed by atoms with E-state index in [0.717, 1.165) is 49.8 Å². The molecular formula is C23H16N4O2. The highest BCUT2D eigenvalue weighted by Crippen LogP contribution is 2.34. The SMILES string of the molecule is Cc1cccc(-c2n[nH]c3cnc4ccc(-c5cccc([N+](=O)[O-])c5)cc4c23)c1. The number of pyridine rings is 1. The molecule has 2 heterocycles. The number of nitro benzene ring substituents is 1. The minimum absolute atomic E-state index is 0.0719. The van der Waals surface area contributed by atoms with Crippen LogP contribution in [0.5, 0.6) is 0 Å². The molecule has 0 aliphatic rings. The van der Waals surface area contributed by atoms with Crippen molar-refractivity contribution >= 4 is 27.5 Å². The number of aromatic nitrogens is 3. The van der Waals surface area contributed by atoms with Gasteiger partial charge in [-0.1, -0.05) is 42.0 Å². The summed E-state index contributed by atoms with van der Waals surface area (Å²) in [5.74, 6) is 0. The quantitative estimate of drug-likeness (QED) is 0.323. The Morgan fingerprint density at radius 3 is 2.55 bits per heavy atom. The topological polar surface area (TPSA) is 84.7 Å². The number of nitrogens with zero attached hydrogens (tertiary/aromatic N) is 3. The van der Waals surface area contributed by atoms with E-state index in [0.29, 0.717) is 0 Å². The first-order valence-electron chi connectivity index (χ1n) is 9.19. The Morgan fingerprint density at radius 1 is 0.931 bits per heavy atom. The number of hydrogen-bond acceptors (Lipinski definition) is 4. The van der Waals surface area contributed by atoms with E-state index in [1.165, 1.54) is 6.07 Å². The molecule has 6 nitrogen and oxygen atoms in total. The summed E-state index contributed by atoms with van der Waals surface area (Å²) in [7, 11) is 0. The summed E-state index contributed by atoms with van der Waals surface area (Å²) in [4.78, 5) is 15.3. The molecule has 0 fully saturated rings. The number of rotatable bonds is 3. The Bertz CT molecular complexity index is 1400. The molecule has 0 amide bonds. The van der Waals surface area contributed by atoms with E-state index in [2.05, 4.69) is 34.2 Å². The van der Waals surface area contributed by atoms with Crippen molar-refractivity contribution in [1.29, 1.82) is 0 Å². The fourth-order valence-corrected chi connectivity index (χ4v) is 3.68. The van der Waals surface area contributed by atoms with Crippen LogP contribution in [-0.2, 0) is 0 Å². The largest absolute Gasteiger partial charge is 0.276 e. The van der Waals surface area contributed by atoms with Crippen molar-refractivity contribution < 1.29 is 4.92 Å². The van der Waals surface area contributed by atoms with Crippen LogP contribution < -0.4 is 0 Å². The highest BCUT2D eigenvalue weighted by atomic mass is 16.6. The summed E-state index contributed by atoms with van der Waals surface area (Å²) in [6.45, 7) is 2.05. The first-order chi connectivity index (χ1) is 14.1. The number of hydrogen-bond donors (Lipinski definition) is 1. The van der Waals surface area contributed by atoms with Crippen molar-refractivity contribution in [2.75, 3.05) is 0 Å². The minimum Gasteiger partial charge on any atom is -0.276 e. The zero-order valence-corrected chi connectivity index (χ0v) is 15.6. The van der Waals surface area contributed by atoms with E-state index < -0.39 is 0 Å². The van der Waals surface area contributed by atoms with Crippen LogP contribution in [-0.4, -0.2) is 20.1 Å². The molecule has 0 radical (unpaired) electrons. The highest BCUT2D eigenvalue weighted by molar-refractivity contribution is 6.11. The van der Waals surface area contributed by atoms with Crippen molar-refractivity contribution in [3.63, 3.8) is 0 Å². The lowest BCUT2D eigenvalue weighted by Gasteiger charge is -2.06. The Kier molecular flexibility index (Phi) is 3.84. The van der Waals surface area contributed by atoms with Gasteiger partial charge >= 0.3 is 0 Å². The summed E-state index contributed by atoms with van der Waals surface area (Å²) in [5, 5.41) is 20.7. The normalized spacial score (nSPS) is 11.2. The monoisotopic (exact) mass is 380 g/mol. The van der Waals surface area contributed by atoms with Crippen molar-refractivity contribution in [2.24, 2.45) is 0 Å². The molecule has 140 valence electrons. The van der Waals surface area contributed by atoms with Crippen LogP contribution in [0.25, 0.3) is 44.2 Å². The molecule has 6 heteroatoms. The fourth-order valence-electron chi connectivity index (χ4n) is 3.68. The third-order valence-corrected chi connectivity index (χ3v) is 5.07. The molecule has 5 rings (SSSR count). The number of nitro groups is 1. The summed E-state index contributed by atoms with van der Waals surface area (Å²) in [5.41, 5.74) is 6.52. The molecule has 0 saturated carbocycles. The summed E-state index contributed by atoms with van der Waals surface area (Å²) in [6, 6.07) is 20.8. The first-order valence-corrected chi connectivity index (χ1v) is 9.19. The smallest absolute Gasteiger partial charge is 0.270 e. The van der Waals surface area contributed by atoms with Crippen molar-refractivity contribution in [2.45, 2.75) is 6.92 Å². The lowest BCUT2D eigenvalue weighted by molar-refractivity contribution is -0.384. The van der Waals surface area contributed by atoms with Gasteiger partial charge in [0.25, 0.3) is 5.69 Å². The number of nitrogens with one attached hydrogen (secondary N) is 1. The standard InChI is InChI=1S/C23H16N4O2/c1-14-4-2-6-17(10-14)23-22-19-12-16(15-5-3-7-18(11-15)27(28)29)8-9-20(19)24-13-21(22)25-26-23/h2-13H,1H3,(H,25,26). The minimum atomic E-state index is -0.379. The lowest BCUT2D eigenvalue weighted by Crippen LogP contribution is -1.89. The second-order valence-corrected chi connectivity index (χ2v) is 7.03. The first kappa shape index (κ1) is 17.1. The van der Waals surface area contributed by atoms with Crippen molar-refractivity contribution in [1.82, 2.24) is 15.2 Å². The molecule has 0 bridgehead atoms. The maximum absolute atomic E-state index is 11.1. The predicted molar refractivity (Wildman–Crippen MR) is 114 cm³/mol. The molecule has 0 unspecified atom stereocenters. The molecule has 0 spiro atoms. The average Bonchev–Trinajstić information content (AvgIpc) is 3.18. The predicted octanol–water partition coefficient (Wildman–Crippen LogP) is 5.66. The Hall–Kier alpha value is -4.06. The number of benzene rings is 3. The number of aromatic amines is 1. The number of H-pyrrole nitrogens is 1. The van der Waals surface area contributed by atoms with Crippen molar-refractivity contribution in [3.05, 3.63) is 88.6 Å². The Morgan fingerprint density at radius 2 is 1.72 bits per heavy atom. The zero-order chi connectivity index (χ0) is 20.0. The summed E-state index contributed by atoms with van der Waals surface area (Å²) < 4.78 is 0. The molecule has 29 heavy (non-hydrogen) atoms. The van der Waals surface area contributed by atoms with Gasteiger partial charge in [0.2, 0.25) is 0 Å². The van der Waals surface area contributed by atoms with Gasteiger partial charge in [0.15, 0.2) is 0 Å². The molecule has 1 N–H and O–H groups in total. The van der Waals surface area contributed by atoms with Gasteiger partial charge in [0.05, 0.1) is 22.2 Å². The number of non-ortho nitro benzene ring substituents is 1. The van der Waals surface area contributed by atoms with E-state index in [4.69, 9.17) is 0 Å². The van der Waals surface area contributed by atoms with Gasteiger partial charge in [0.1, 0.15) is 5.69 Å².